The first-order chi connectivity index (χ1) is 11.3. The first kappa shape index (κ1) is 16.1. The van der Waals surface area contributed by atoms with E-state index in [0.29, 0.717) is 12.5 Å². The lowest BCUT2D eigenvalue weighted by atomic mass is 10.1. The van der Waals surface area contributed by atoms with E-state index < -0.39 is 0 Å². The van der Waals surface area contributed by atoms with Gasteiger partial charge in [-0.2, -0.15) is 0 Å². The van der Waals surface area contributed by atoms with Gasteiger partial charge in [-0.3, -0.25) is 0 Å². The monoisotopic (exact) mass is 317 g/mol. The maximum Gasteiger partial charge on any atom is 0.189 e. The summed E-state index contributed by atoms with van der Waals surface area (Å²) in [7, 11) is 0. The molecule has 3 heterocycles. The number of piperidine rings is 1. The zero-order chi connectivity index (χ0) is 15.9. The molecule has 23 heavy (non-hydrogen) atoms. The molecule has 1 unspecified atom stereocenters. The van der Waals surface area contributed by atoms with Crippen molar-refractivity contribution in [1.82, 2.24) is 10.3 Å². The van der Waals surface area contributed by atoms with E-state index in [-0.39, 0.29) is 6.10 Å². The summed E-state index contributed by atoms with van der Waals surface area (Å²) < 4.78 is 5.56. The number of nitrogens with two attached hydrogens (primary N) is 1. The molecular weight excluding hydrogens is 290 g/mol. The Kier molecular flexibility index (Phi) is 5.69. The highest BCUT2D eigenvalue weighted by Crippen LogP contribution is 2.18. The molecule has 0 amide bonds. The van der Waals surface area contributed by atoms with Gasteiger partial charge in [-0.1, -0.05) is 0 Å². The lowest BCUT2D eigenvalue weighted by Gasteiger charge is -2.27. The van der Waals surface area contributed by atoms with Gasteiger partial charge in [-0.05, 0) is 49.8 Å². The van der Waals surface area contributed by atoms with Crippen LogP contribution in [-0.4, -0.2) is 43.3 Å². The van der Waals surface area contributed by atoms with Gasteiger partial charge in [0.25, 0.3) is 0 Å². The molecule has 2 aliphatic heterocycles. The number of ether oxygens (including phenoxy) is 1. The van der Waals surface area contributed by atoms with E-state index >= 15 is 0 Å². The fraction of sp³-hybridized carbons (Fsp3) is 0.647. The summed E-state index contributed by atoms with van der Waals surface area (Å²) in [5, 5.41) is 3.15. The number of hydrogen-bond donors (Lipinski definition) is 2. The highest BCUT2D eigenvalue weighted by Gasteiger charge is 2.15. The second kappa shape index (κ2) is 8.15. The highest BCUT2D eigenvalue weighted by atomic mass is 16.5. The van der Waals surface area contributed by atoms with Gasteiger partial charge in [0.2, 0.25) is 0 Å². The molecule has 0 aromatic carbocycles. The minimum absolute atomic E-state index is 0.273. The predicted octanol–water partition coefficient (Wildman–Crippen LogP) is 1.66. The molecule has 126 valence electrons. The summed E-state index contributed by atoms with van der Waals surface area (Å²) in [5.74, 6) is 1.54. The fourth-order valence-corrected chi connectivity index (χ4v) is 3.11. The van der Waals surface area contributed by atoms with E-state index in [0.717, 1.165) is 50.5 Å². The molecule has 1 atom stereocenters. The lowest BCUT2D eigenvalue weighted by Crippen LogP contribution is -2.37. The summed E-state index contributed by atoms with van der Waals surface area (Å²) in [4.78, 5) is 11.3. The molecule has 0 radical (unpaired) electrons. The Labute approximate surface area is 138 Å². The minimum Gasteiger partial charge on any atom is -0.376 e. The van der Waals surface area contributed by atoms with Crippen molar-refractivity contribution in [2.75, 3.05) is 31.1 Å². The Morgan fingerprint density at radius 3 is 3.00 bits per heavy atom. The van der Waals surface area contributed by atoms with Crippen molar-refractivity contribution in [3.05, 3.63) is 23.9 Å². The van der Waals surface area contributed by atoms with Crippen molar-refractivity contribution in [3.8, 4) is 0 Å². The van der Waals surface area contributed by atoms with E-state index in [9.17, 15) is 0 Å². The Bertz CT molecular complexity index is 521. The van der Waals surface area contributed by atoms with E-state index in [1.54, 1.807) is 0 Å². The quantitative estimate of drug-likeness (QED) is 0.638. The fourth-order valence-electron chi connectivity index (χ4n) is 3.11. The average Bonchev–Trinajstić information content (AvgIpc) is 3.13. The Hall–Kier alpha value is -1.82. The van der Waals surface area contributed by atoms with Crippen molar-refractivity contribution in [2.45, 2.75) is 44.8 Å². The molecule has 1 aromatic heterocycles. The third-order valence-electron chi connectivity index (χ3n) is 4.46. The van der Waals surface area contributed by atoms with Crippen LogP contribution in [0, 0.1) is 0 Å². The van der Waals surface area contributed by atoms with Crippen LogP contribution in [0.3, 0.4) is 0 Å². The van der Waals surface area contributed by atoms with Gasteiger partial charge in [0.05, 0.1) is 12.6 Å². The second-order valence-electron chi connectivity index (χ2n) is 6.29. The Balaban J connectivity index is 1.51. The largest absolute Gasteiger partial charge is 0.376 e. The van der Waals surface area contributed by atoms with Crippen LogP contribution >= 0.6 is 0 Å². The number of hydrogen-bond acceptors (Lipinski definition) is 4. The highest BCUT2D eigenvalue weighted by molar-refractivity contribution is 5.77. The number of nitrogens with one attached hydrogen (secondary N) is 1. The van der Waals surface area contributed by atoms with Gasteiger partial charge < -0.3 is 20.7 Å². The molecule has 2 saturated heterocycles. The Morgan fingerprint density at radius 1 is 1.35 bits per heavy atom. The second-order valence-corrected chi connectivity index (χ2v) is 6.29. The van der Waals surface area contributed by atoms with E-state index in [1.165, 1.54) is 19.3 Å². The molecule has 6 nitrogen and oxygen atoms in total. The average molecular weight is 317 g/mol. The van der Waals surface area contributed by atoms with Crippen molar-refractivity contribution in [3.63, 3.8) is 0 Å². The van der Waals surface area contributed by atoms with Crippen LogP contribution < -0.4 is 16.0 Å². The molecule has 1 aromatic rings. The molecule has 0 spiro atoms. The van der Waals surface area contributed by atoms with Crippen molar-refractivity contribution in [2.24, 2.45) is 10.7 Å². The lowest BCUT2D eigenvalue weighted by molar-refractivity contribution is 0.114. The number of aromatic nitrogens is 1. The van der Waals surface area contributed by atoms with E-state index in [4.69, 9.17) is 10.5 Å². The number of guanidine groups is 1. The van der Waals surface area contributed by atoms with Gasteiger partial charge in [-0.15, -0.1) is 0 Å². The predicted molar refractivity (Wildman–Crippen MR) is 92.6 cm³/mol. The number of anilines is 1. The van der Waals surface area contributed by atoms with Crippen LogP contribution in [0.2, 0.25) is 0 Å². The van der Waals surface area contributed by atoms with Crippen molar-refractivity contribution < 1.29 is 4.74 Å². The number of nitrogens with zero attached hydrogens (tertiary/aromatic N) is 3. The van der Waals surface area contributed by atoms with Crippen LogP contribution in [-0.2, 0) is 11.3 Å². The molecule has 0 bridgehead atoms. The van der Waals surface area contributed by atoms with E-state index in [2.05, 4.69) is 26.3 Å². The number of aliphatic imine (C=N–C) groups is 1. The van der Waals surface area contributed by atoms with Gasteiger partial charge in [0.1, 0.15) is 5.82 Å². The number of pyridine rings is 1. The summed E-state index contributed by atoms with van der Waals surface area (Å²) in [6.45, 7) is 4.38. The molecule has 3 rings (SSSR count). The minimum atomic E-state index is 0.273. The zero-order valence-electron chi connectivity index (χ0n) is 13.7. The first-order valence-corrected chi connectivity index (χ1v) is 8.66. The van der Waals surface area contributed by atoms with Crippen LogP contribution in [0.25, 0.3) is 0 Å². The summed E-state index contributed by atoms with van der Waals surface area (Å²) in [5.41, 5.74) is 7.08. The van der Waals surface area contributed by atoms with Crippen molar-refractivity contribution in [1.29, 1.82) is 0 Å². The maximum absolute atomic E-state index is 5.94. The molecule has 2 aliphatic rings. The number of rotatable bonds is 5. The van der Waals surface area contributed by atoms with Crippen LogP contribution in [0.15, 0.2) is 23.3 Å². The molecule has 3 N–H and O–H groups in total. The van der Waals surface area contributed by atoms with Crippen LogP contribution in [0.4, 0.5) is 5.82 Å². The third-order valence-corrected chi connectivity index (χ3v) is 4.46. The van der Waals surface area contributed by atoms with Gasteiger partial charge in [-0.25, -0.2) is 9.98 Å². The topological polar surface area (TPSA) is 75.8 Å². The summed E-state index contributed by atoms with van der Waals surface area (Å²) in [6, 6.07) is 4.13. The Morgan fingerprint density at radius 2 is 2.22 bits per heavy atom. The third kappa shape index (κ3) is 4.82. The SMILES string of the molecule is NC(=NCc1ccnc(N2CCCCC2)c1)NCC1CCCO1. The van der Waals surface area contributed by atoms with Gasteiger partial charge in [0.15, 0.2) is 5.96 Å². The molecule has 2 fully saturated rings. The molecule has 6 heteroatoms. The van der Waals surface area contributed by atoms with Gasteiger partial charge >= 0.3 is 0 Å². The van der Waals surface area contributed by atoms with Crippen molar-refractivity contribution >= 4 is 11.8 Å². The first-order valence-electron chi connectivity index (χ1n) is 8.66. The normalized spacial score (nSPS) is 22.3. The van der Waals surface area contributed by atoms with Crippen LogP contribution in [0.1, 0.15) is 37.7 Å². The maximum atomic E-state index is 5.94. The molecular formula is C17H27N5O. The smallest absolute Gasteiger partial charge is 0.189 e. The zero-order valence-corrected chi connectivity index (χ0v) is 13.7. The molecule has 0 aliphatic carbocycles. The summed E-state index contributed by atoms with van der Waals surface area (Å²) in [6.07, 6.45) is 8.21. The van der Waals surface area contributed by atoms with Crippen LogP contribution in [0.5, 0.6) is 0 Å². The molecule has 0 saturated carbocycles. The van der Waals surface area contributed by atoms with E-state index in [1.807, 2.05) is 12.3 Å². The van der Waals surface area contributed by atoms with Gasteiger partial charge in [0, 0.05) is 32.4 Å². The summed E-state index contributed by atoms with van der Waals surface area (Å²) >= 11 is 0. The standard InChI is InChI=1S/C17H27N5O/c18-17(21-13-15-5-4-10-23-15)20-12-14-6-7-19-16(11-14)22-8-2-1-3-9-22/h6-7,11,15H,1-5,8-10,12-13H2,(H3,18,20,21).